The van der Waals surface area contributed by atoms with E-state index < -0.39 is 0 Å². The third kappa shape index (κ3) is 2.57. The van der Waals surface area contributed by atoms with Gasteiger partial charge in [-0.05, 0) is 42.7 Å². The van der Waals surface area contributed by atoms with Crippen LogP contribution in [-0.4, -0.2) is 19.7 Å². The number of nitrogens with zero attached hydrogens (tertiary/aromatic N) is 3. The molecule has 0 aliphatic carbocycles. The largest absolute Gasteiger partial charge is 0.297 e. The summed E-state index contributed by atoms with van der Waals surface area (Å²) in [6.45, 7) is 2.16. The lowest BCUT2D eigenvalue weighted by Crippen LogP contribution is -2.09. The second kappa shape index (κ2) is 5.68. The fraction of sp³-hybridized carbons (Fsp3) is 0.214. The van der Waals surface area contributed by atoms with Crippen LogP contribution in [0, 0.1) is 4.77 Å². The van der Waals surface area contributed by atoms with Gasteiger partial charge in [-0.1, -0.05) is 6.07 Å². The number of rotatable bonds is 4. The van der Waals surface area contributed by atoms with Gasteiger partial charge in [-0.3, -0.25) is 14.6 Å². The molecule has 3 heterocycles. The first-order valence-corrected chi connectivity index (χ1v) is 7.64. The Hall–Kier alpha value is -1.79. The zero-order valence-corrected chi connectivity index (χ0v) is 12.6. The van der Waals surface area contributed by atoms with E-state index in [9.17, 15) is 0 Å². The van der Waals surface area contributed by atoms with Gasteiger partial charge in [0.2, 0.25) is 0 Å². The van der Waals surface area contributed by atoms with Gasteiger partial charge < -0.3 is 0 Å². The number of aromatic nitrogens is 4. The standard InChI is InChI=1S/C14H14N4S2/c1-10(8-12-5-3-7-20-12)18-13(16-17-14(18)19)11-4-2-6-15-9-11/h2-7,9-10H,8H2,1H3,(H,17,19). The summed E-state index contributed by atoms with van der Waals surface area (Å²) in [7, 11) is 0. The molecule has 6 heteroatoms. The monoisotopic (exact) mass is 302 g/mol. The molecule has 0 amide bonds. The van der Waals surface area contributed by atoms with Crippen molar-refractivity contribution in [3.05, 3.63) is 51.7 Å². The zero-order chi connectivity index (χ0) is 13.9. The number of nitrogens with one attached hydrogen (secondary N) is 1. The summed E-state index contributed by atoms with van der Waals surface area (Å²) in [5.41, 5.74) is 0.970. The van der Waals surface area contributed by atoms with Crippen molar-refractivity contribution in [3.63, 3.8) is 0 Å². The van der Waals surface area contributed by atoms with E-state index in [0.29, 0.717) is 4.77 Å². The molecule has 4 nitrogen and oxygen atoms in total. The topological polar surface area (TPSA) is 46.5 Å². The average Bonchev–Trinajstić information content (AvgIpc) is 3.09. The van der Waals surface area contributed by atoms with Gasteiger partial charge in [0.05, 0.1) is 0 Å². The van der Waals surface area contributed by atoms with Crippen molar-refractivity contribution in [2.75, 3.05) is 0 Å². The third-order valence-corrected chi connectivity index (χ3v) is 4.33. The Kier molecular flexibility index (Phi) is 3.75. The smallest absolute Gasteiger partial charge is 0.195 e. The molecular formula is C14H14N4S2. The van der Waals surface area contributed by atoms with E-state index >= 15 is 0 Å². The molecule has 0 aliphatic heterocycles. The van der Waals surface area contributed by atoms with Crippen molar-refractivity contribution in [1.82, 2.24) is 19.7 Å². The maximum Gasteiger partial charge on any atom is 0.195 e. The normalized spacial score (nSPS) is 12.4. The minimum Gasteiger partial charge on any atom is -0.297 e. The van der Waals surface area contributed by atoms with Gasteiger partial charge in [0.15, 0.2) is 10.6 Å². The van der Waals surface area contributed by atoms with E-state index in [1.807, 2.05) is 12.1 Å². The number of hydrogen-bond donors (Lipinski definition) is 1. The van der Waals surface area contributed by atoms with Crippen LogP contribution in [0.15, 0.2) is 42.0 Å². The molecule has 3 rings (SSSR count). The molecule has 3 aromatic rings. The first-order valence-electron chi connectivity index (χ1n) is 6.35. The Balaban J connectivity index is 1.97. The van der Waals surface area contributed by atoms with Crippen molar-refractivity contribution < 1.29 is 0 Å². The average molecular weight is 302 g/mol. The number of hydrogen-bond acceptors (Lipinski definition) is 4. The number of aromatic amines is 1. The van der Waals surface area contributed by atoms with Gasteiger partial charge in [-0.15, -0.1) is 11.3 Å². The highest BCUT2D eigenvalue weighted by Gasteiger charge is 2.15. The van der Waals surface area contributed by atoms with E-state index in [4.69, 9.17) is 12.2 Å². The number of pyridine rings is 1. The second-order valence-electron chi connectivity index (χ2n) is 4.60. The van der Waals surface area contributed by atoms with E-state index in [-0.39, 0.29) is 6.04 Å². The predicted octanol–water partition coefficient (Wildman–Crippen LogP) is 3.87. The van der Waals surface area contributed by atoms with Crippen LogP contribution in [-0.2, 0) is 6.42 Å². The van der Waals surface area contributed by atoms with Crippen molar-refractivity contribution in [2.45, 2.75) is 19.4 Å². The van der Waals surface area contributed by atoms with Crippen LogP contribution in [0.4, 0.5) is 0 Å². The molecule has 0 aliphatic rings. The van der Waals surface area contributed by atoms with Crippen LogP contribution >= 0.6 is 23.6 Å². The summed E-state index contributed by atoms with van der Waals surface area (Å²) >= 11 is 7.14. The minimum absolute atomic E-state index is 0.245. The Morgan fingerprint density at radius 3 is 3.00 bits per heavy atom. The van der Waals surface area contributed by atoms with Crippen molar-refractivity contribution in [3.8, 4) is 11.4 Å². The molecule has 0 radical (unpaired) electrons. The Morgan fingerprint density at radius 2 is 2.30 bits per heavy atom. The first kappa shape index (κ1) is 13.2. The van der Waals surface area contributed by atoms with Crippen molar-refractivity contribution >= 4 is 23.6 Å². The first-order chi connectivity index (χ1) is 9.75. The SMILES string of the molecule is CC(Cc1cccs1)n1c(-c2cccnc2)n[nH]c1=S. The maximum atomic E-state index is 5.37. The van der Waals surface area contributed by atoms with Gasteiger partial charge >= 0.3 is 0 Å². The summed E-state index contributed by atoms with van der Waals surface area (Å²) < 4.78 is 2.71. The van der Waals surface area contributed by atoms with Gasteiger partial charge in [-0.25, -0.2) is 0 Å². The van der Waals surface area contributed by atoms with Crippen LogP contribution < -0.4 is 0 Å². The molecule has 1 unspecified atom stereocenters. The van der Waals surface area contributed by atoms with Gasteiger partial charge in [0.1, 0.15) is 0 Å². The lowest BCUT2D eigenvalue weighted by atomic mass is 10.2. The molecule has 0 saturated carbocycles. The lowest BCUT2D eigenvalue weighted by Gasteiger charge is -2.14. The van der Waals surface area contributed by atoms with Gasteiger partial charge in [0.25, 0.3) is 0 Å². The Morgan fingerprint density at radius 1 is 1.40 bits per heavy atom. The minimum atomic E-state index is 0.245. The van der Waals surface area contributed by atoms with Crippen LogP contribution in [0.5, 0.6) is 0 Å². The Bertz CT molecular complexity index is 728. The van der Waals surface area contributed by atoms with E-state index in [1.54, 1.807) is 23.7 Å². The molecule has 0 fully saturated rings. The van der Waals surface area contributed by atoms with Crippen LogP contribution in [0.2, 0.25) is 0 Å². The summed E-state index contributed by atoms with van der Waals surface area (Å²) in [5, 5.41) is 9.33. The molecule has 102 valence electrons. The molecule has 20 heavy (non-hydrogen) atoms. The molecule has 3 aromatic heterocycles. The summed E-state index contributed by atoms with van der Waals surface area (Å²) in [5.74, 6) is 0.840. The third-order valence-electron chi connectivity index (χ3n) is 3.14. The van der Waals surface area contributed by atoms with Gasteiger partial charge in [-0.2, -0.15) is 5.10 Å². The summed E-state index contributed by atoms with van der Waals surface area (Å²) in [6, 6.07) is 8.36. The van der Waals surface area contributed by atoms with E-state index in [1.165, 1.54) is 4.88 Å². The lowest BCUT2D eigenvalue weighted by molar-refractivity contribution is 0.546. The Labute approximate surface area is 126 Å². The number of H-pyrrole nitrogens is 1. The van der Waals surface area contributed by atoms with Crippen molar-refractivity contribution in [2.24, 2.45) is 0 Å². The molecule has 0 bridgehead atoms. The number of thiophene rings is 1. The highest BCUT2D eigenvalue weighted by molar-refractivity contribution is 7.71. The fourth-order valence-electron chi connectivity index (χ4n) is 2.22. The summed E-state index contributed by atoms with van der Waals surface area (Å²) in [4.78, 5) is 5.49. The fourth-order valence-corrected chi connectivity index (χ4v) is 3.36. The second-order valence-corrected chi connectivity index (χ2v) is 6.02. The zero-order valence-electron chi connectivity index (χ0n) is 11.0. The molecule has 1 N–H and O–H groups in total. The molecule has 0 spiro atoms. The predicted molar refractivity (Wildman–Crippen MR) is 83.4 cm³/mol. The molecule has 0 saturated heterocycles. The highest BCUT2D eigenvalue weighted by atomic mass is 32.1. The summed E-state index contributed by atoms with van der Waals surface area (Å²) in [6.07, 6.45) is 4.50. The molecule has 0 aromatic carbocycles. The van der Waals surface area contributed by atoms with E-state index in [2.05, 4.69) is 44.2 Å². The maximum absolute atomic E-state index is 5.37. The van der Waals surface area contributed by atoms with Crippen LogP contribution in [0.3, 0.4) is 0 Å². The van der Waals surface area contributed by atoms with Crippen LogP contribution in [0.1, 0.15) is 17.8 Å². The highest BCUT2D eigenvalue weighted by Crippen LogP contribution is 2.24. The quantitative estimate of drug-likeness (QED) is 0.744. The molecule has 1 atom stereocenters. The van der Waals surface area contributed by atoms with Crippen molar-refractivity contribution in [1.29, 1.82) is 0 Å². The van der Waals surface area contributed by atoms with Gasteiger partial charge in [0, 0.05) is 35.3 Å². The van der Waals surface area contributed by atoms with E-state index in [0.717, 1.165) is 17.8 Å². The van der Waals surface area contributed by atoms with Crippen LogP contribution in [0.25, 0.3) is 11.4 Å². The molecular weight excluding hydrogens is 288 g/mol.